The zero-order valence-electron chi connectivity index (χ0n) is 15.6. The molecule has 0 saturated carbocycles. The fraction of sp³-hybridized carbons (Fsp3) is 0.182. The van der Waals surface area contributed by atoms with E-state index in [2.05, 4.69) is 11.1 Å². The van der Waals surface area contributed by atoms with Crippen molar-refractivity contribution in [3.8, 4) is 5.88 Å². The summed E-state index contributed by atoms with van der Waals surface area (Å²) >= 11 is 1.49. The van der Waals surface area contributed by atoms with Crippen LogP contribution in [0.15, 0.2) is 58.5 Å². The molecule has 1 aliphatic rings. The van der Waals surface area contributed by atoms with Crippen molar-refractivity contribution in [1.29, 1.82) is 0 Å². The second-order valence-corrected chi connectivity index (χ2v) is 7.50. The predicted octanol–water partition coefficient (Wildman–Crippen LogP) is 5.46. The Hall–Kier alpha value is -2.92. The standard InChI is InChI=1S/C22H21N3OS/c1-4-25-21(26)20(27-22(25)24-18-11-7-5-9-14(18)2)13-17-15(3)23-19-12-8-6-10-16(17)19/h5-13,26H,4H2,1-3H3/b17-13+,24-22?. The summed E-state index contributed by atoms with van der Waals surface area (Å²) in [5, 5.41) is 10.8. The number of aromatic nitrogens is 1. The summed E-state index contributed by atoms with van der Waals surface area (Å²) in [5.74, 6) is 0.250. The molecule has 0 bridgehead atoms. The first kappa shape index (κ1) is 17.5. The predicted molar refractivity (Wildman–Crippen MR) is 113 cm³/mol. The van der Waals surface area contributed by atoms with Crippen LogP contribution in [0.3, 0.4) is 0 Å². The van der Waals surface area contributed by atoms with E-state index in [1.807, 2.05) is 73.9 Å². The Balaban J connectivity index is 1.86. The Morgan fingerprint density at radius 3 is 2.63 bits per heavy atom. The van der Waals surface area contributed by atoms with Crippen molar-refractivity contribution in [2.75, 3.05) is 0 Å². The van der Waals surface area contributed by atoms with Gasteiger partial charge in [0.1, 0.15) is 0 Å². The van der Waals surface area contributed by atoms with Crippen LogP contribution in [0.5, 0.6) is 5.88 Å². The molecule has 2 aromatic carbocycles. The van der Waals surface area contributed by atoms with Crippen molar-refractivity contribution in [3.63, 3.8) is 0 Å². The highest BCUT2D eigenvalue weighted by molar-refractivity contribution is 7.10. The molecule has 1 aliphatic heterocycles. The normalized spacial score (nSPS) is 15.3. The van der Waals surface area contributed by atoms with Crippen LogP contribution in [0.1, 0.15) is 29.9 Å². The maximum absolute atomic E-state index is 10.8. The first-order valence-electron chi connectivity index (χ1n) is 8.98. The van der Waals surface area contributed by atoms with E-state index in [1.54, 1.807) is 0 Å². The number of thiazole rings is 1. The third-order valence-electron chi connectivity index (χ3n) is 4.70. The maximum Gasteiger partial charge on any atom is 0.211 e. The lowest BCUT2D eigenvalue weighted by atomic mass is 10.0. The molecule has 0 unspecified atom stereocenters. The molecule has 0 spiro atoms. The molecule has 0 atom stereocenters. The van der Waals surface area contributed by atoms with Gasteiger partial charge in [-0.2, -0.15) is 0 Å². The molecule has 1 N–H and O–H groups in total. The number of benzene rings is 2. The van der Waals surface area contributed by atoms with Crippen molar-refractivity contribution in [1.82, 2.24) is 4.57 Å². The number of hydrogen-bond acceptors (Lipinski definition) is 4. The van der Waals surface area contributed by atoms with Crippen molar-refractivity contribution in [3.05, 3.63) is 69.3 Å². The maximum atomic E-state index is 10.8. The van der Waals surface area contributed by atoms with Crippen LogP contribution in [0.2, 0.25) is 0 Å². The van der Waals surface area contributed by atoms with E-state index in [4.69, 9.17) is 4.99 Å². The third-order valence-corrected chi connectivity index (χ3v) is 5.72. The number of aromatic hydroxyl groups is 1. The van der Waals surface area contributed by atoms with Crippen LogP contribution in [-0.4, -0.2) is 15.4 Å². The zero-order chi connectivity index (χ0) is 19.0. The van der Waals surface area contributed by atoms with E-state index < -0.39 is 0 Å². The van der Waals surface area contributed by atoms with E-state index in [0.29, 0.717) is 6.54 Å². The Labute approximate surface area is 162 Å². The largest absolute Gasteiger partial charge is 0.493 e. The third kappa shape index (κ3) is 3.15. The van der Waals surface area contributed by atoms with E-state index >= 15 is 0 Å². The molecule has 0 aliphatic carbocycles. The molecule has 1 aromatic heterocycles. The SMILES string of the molecule is CCn1c(O)c(/C=C2\C(C)=Nc3ccccc32)sc1=Nc1ccccc1C. The Morgan fingerprint density at radius 1 is 1.11 bits per heavy atom. The van der Waals surface area contributed by atoms with Gasteiger partial charge in [0, 0.05) is 23.4 Å². The van der Waals surface area contributed by atoms with Crippen molar-refractivity contribution in [2.45, 2.75) is 27.3 Å². The van der Waals surface area contributed by atoms with Gasteiger partial charge in [-0.05, 0) is 44.5 Å². The van der Waals surface area contributed by atoms with Crippen molar-refractivity contribution < 1.29 is 5.11 Å². The van der Waals surface area contributed by atoms with E-state index in [1.165, 1.54) is 11.3 Å². The molecule has 5 heteroatoms. The molecular formula is C22H21N3OS. The number of hydrogen-bond donors (Lipinski definition) is 1. The van der Waals surface area contributed by atoms with E-state index in [-0.39, 0.29) is 5.88 Å². The lowest BCUT2D eigenvalue weighted by molar-refractivity contribution is 0.416. The highest BCUT2D eigenvalue weighted by Crippen LogP contribution is 2.37. The zero-order valence-corrected chi connectivity index (χ0v) is 16.4. The minimum atomic E-state index is 0.250. The van der Waals surface area contributed by atoms with Crippen LogP contribution in [0, 0.1) is 6.92 Å². The average molecular weight is 375 g/mol. The fourth-order valence-corrected chi connectivity index (χ4v) is 4.27. The van der Waals surface area contributed by atoms with Gasteiger partial charge >= 0.3 is 0 Å². The molecule has 0 radical (unpaired) electrons. The summed E-state index contributed by atoms with van der Waals surface area (Å²) in [5.41, 5.74) is 6.12. The van der Waals surface area contributed by atoms with Gasteiger partial charge in [-0.25, -0.2) is 4.99 Å². The molecule has 4 rings (SSSR count). The summed E-state index contributed by atoms with van der Waals surface area (Å²) in [4.78, 5) is 11.0. The summed E-state index contributed by atoms with van der Waals surface area (Å²) in [6.07, 6.45) is 2.02. The lowest BCUT2D eigenvalue weighted by Crippen LogP contribution is -2.12. The number of fused-ring (bicyclic) bond motifs is 1. The monoisotopic (exact) mass is 375 g/mol. The average Bonchev–Trinajstić information content (AvgIpc) is 3.14. The summed E-state index contributed by atoms with van der Waals surface area (Å²) in [6.45, 7) is 6.71. The number of nitrogens with zero attached hydrogens (tertiary/aromatic N) is 3. The number of aliphatic imine (C=N–C) groups is 1. The quantitative estimate of drug-likeness (QED) is 0.649. The van der Waals surface area contributed by atoms with Gasteiger partial charge in [0.15, 0.2) is 4.80 Å². The van der Waals surface area contributed by atoms with Crippen molar-refractivity contribution in [2.24, 2.45) is 9.98 Å². The molecule has 4 nitrogen and oxygen atoms in total. The van der Waals surface area contributed by atoms with Gasteiger partial charge in [0.2, 0.25) is 5.88 Å². The molecule has 2 heterocycles. The van der Waals surface area contributed by atoms with Crippen LogP contribution >= 0.6 is 11.3 Å². The Bertz CT molecular complexity index is 1150. The number of allylic oxidation sites excluding steroid dienone is 1. The van der Waals surface area contributed by atoms with Crippen molar-refractivity contribution >= 4 is 40.1 Å². The Kier molecular flexibility index (Phi) is 4.54. The molecule has 0 fully saturated rings. The second-order valence-electron chi connectivity index (χ2n) is 6.49. The lowest BCUT2D eigenvalue weighted by Gasteiger charge is -2.02. The summed E-state index contributed by atoms with van der Waals surface area (Å²) in [7, 11) is 0. The molecule has 136 valence electrons. The van der Waals surface area contributed by atoms with Crippen LogP contribution in [-0.2, 0) is 6.54 Å². The summed E-state index contributed by atoms with van der Waals surface area (Å²) < 4.78 is 1.84. The Morgan fingerprint density at radius 2 is 1.85 bits per heavy atom. The van der Waals surface area contributed by atoms with Gasteiger partial charge in [0.25, 0.3) is 0 Å². The number of aryl methyl sites for hydroxylation is 1. The fourth-order valence-electron chi connectivity index (χ4n) is 3.22. The van der Waals surface area contributed by atoms with Crippen LogP contribution < -0.4 is 4.80 Å². The van der Waals surface area contributed by atoms with Crippen LogP contribution in [0.25, 0.3) is 11.6 Å². The minimum absolute atomic E-state index is 0.250. The topological polar surface area (TPSA) is 49.9 Å². The first-order valence-corrected chi connectivity index (χ1v) is 9.80. The number of rotatable bonds is 3. The summed E-state index contributed by atoms with van der Waals surface area (Å²) in [6, 6.07) is 16.1. The molecule has 27 heavy (non-hydrogen) atoms. The van der Waals surface area contributed by atoms with Gasteiger partial charge in [0.05, 0.1) is 16.3 Å². The van der Waals surface area contributed by atoms with Gasteiger partial charge in [-0.15, -0.1) is 0 Å². The van der Waals surface area contributed by atoms with Gasteiger partial charge < -0.3 is 5.11 Å². The molecular weight excluding hydrogens is 354 g/mol. The van der Waals surface area contributed by atoms with Gasteiger partial charge in [-0.1, -0.05) is 47.7 Å². The minimum Gasteiger partial charge on any atom is -0.493 e. The highest BCUT2D eigenvalue weighted by atomic mass is 32.1. The number of para-hydroxylation sites is 2. The van der Waals surface area contributed by atoms with Crippen LogP contribution in [0.4, 0.5) is 11.4 Å². The second kappa shape index (κ2) is 7.00. The first-order chi connectivity index (χ1) is 13.1. The smallest absolute Gasteiger partial charge is 0.211 e. The molecule has 0 saturated heterocycles. The van der Waals surface area contributed by atoms with E-state index in [0.717, 1.165) is 43.5 Å². The molecule has 0 amide bonds. The molecule has 3 aromatic rings. The van der Waals surface area contributed by atoms with Gasteiger partial charge in [-0.3, -0.25) is 9.56 Å². The van der Waals surface area contributed by atoms with E-state index in [9.17, 15) is 5.11 Å². The highest BCUT2D eigenvalue weighted by Gasteiger charge is 2.19.